The fourth-order valence-electron chi connectivity index (χ4n) is 2.31. The van der Waals surface area contributed by atoms with Crippen molar-refractivity contribution in [3.63, 3.8) is 0 Å². The van der Waals surface area contributed by atoms with Crippen LogP contribution in [0.2, 0.25) is 0 Å². The van der Waals surface area contributed by atoms with Gasteiger partial charge in [-0.05, 0) is 31.1 Å². The van der Waals surface area contributed by atoms with Gasteiger partial charge in [-0.3, -0.25) is 4.79 Å². The first-order chi connectivity index (χ1) is 7.44. The Morgan fingerprint density at radius 2 is 2.06 bits per heavy atom. The van der Waals surface area contributed by atoms with Gasteiger partial charge < -0.3 is 4.90 Å². The lowest BCUT2D eigenvalue weighted by Crippen LogP contribution is -2.45. The quantitative estimate of drug-likeness (QED) is 0.727. The van der Waals surface area contributed by atoms with Crippen molar-refractivity contribution in [1.82, 2.24) is 4.90 Å². The maximum Gasteiger partial charge on any atom is 0.223 e. The van der Waals surface area contributed by atoms with Crippen LogP contribution in [0.5, 0.6) is 0 Å². The number of carbonyl (C=O) groups excluding carboxylic acids is 1. The summed E-state index contributed by atoms with van der Waals surface area (Å²) >= 11 is 3.48. The highest BCUT2D eigenvalue weighted by atomic mass is 79.9. The van der Waals surface area contributed by atoms with E-state index in [1.807, 2.05) is 0 Å². The molecule has 0 bridgehead atoms. The van der Waals surface area contributed by atoms with E-state index in [2.05, 4.69) is 41.6 Å². The fraction of sp³-hybridized carbons (Fsp3) is 0.923. The lowest BCUT2D eigenvalue weighted by Gasteiger charge is -2.37. The SMILES string of the molecule is CC(C)(C)CC(=O)N1CCCCC1CCBr. The van der Waals surface area contributed by atoms with Gasteiger partial charge in [0, 0.05) is 24.3 Å². The van der Waals surface area contributed by atoms with Crippen molar-refractivity contribution >= 4 is 21.8 Å². The molecule has 0 aromatic rings. The first-order valence-corrected chi connectivity index (χ1v) is 7.41. The van der Waals surface area contributed by atoms with Gasteiger partial charge in [0.15, 0.2) is 0 Å². The van der Waals surface area contributed by atoms with Crippen LogP contribution >= 0.6 is 15.9 Å². The number of nitrogens with zero attached hydrogens (tertiary/aromatic N) is 1. The second kappa shape index (κ2) is 6.04. The highest BCUT2D eigenvalue weighted by Gasteiger charge is 2.28. The summed E-state index contributed by atoms with van der Waals surface area (Å²) in [4.78, 5) is 14.3. The monoisotopic (exact) mass is 289 g/mol. The molecule has 1 aliphatic heterocycles. The molecule has 1 atom stereocenters. The van der Waals surface area contributed by atoms with Gasteiger partial charge in [-0.15, -0.1) is 0 Å². The van der Waals surface area contributed by atoms with E-state index < -0.39 is 0 Å². The van der Waals surface area contributed by atoms with E-state index in [1.54, 1.807) is 0 Å². The maximum atomic E-state index is 12.2. The molecular weight excluding hydrogens is 266 g/mol. The summed E-state index contributed by atoms with van der Waals surface area (Å²) in [5.41, 5.74) is 0.105. The third kappa shape index (κ3) is 4.44. The second-order valence-electron chi connectivity index (χ2n) is 5.95. The Morgan fingerprint density at radius 1 is 1.38 bits per heavy atom. The number of hydrogen-bond donors (Lipinski definition) is 0. The molecule has 1 amide bonds. The molecule has 0 saturated carbocycles. The standard InChI is InChI=1S/C13H24BrNO/c1-13(2,3)10-12(16)15-9-5-4-6-11(15)7-8-14/h11H,4-10H2,1-3H3. The third-order valence-corrected chi connectivity index (χ3v) is 3.53. The molecule has 0 spiro atoms. The molecule has 94 valence electrons. The van der Waals surface area contributed by atoms with E-state index in [4.69, 9.17) is 0 Å². The molecule has 1 heterocycles. The Morgan fingerprint density at radius 3 is 2.62 bits per heavy atom. The van der Waals surface area contributed by atoms with E-state index in [0.717, 1.165) is 18.3 Å². The topological polar surface area (TPSA) is 20.3 Å². The van der Waals surface area contributed by atoms with Crippen molar-refractivity contribution < 1.29 is 4.79 Å². The van der Waals surface area contributed by atoms with E-state index >= 15 is 0 Å². The molecule has 0 aromatic heterocycles. The molecule has 0 aliphatic carbocycles. The predicted molar refractivity (Wildman–Crippen MR) is 71.8 cm³/mol. The number of amides is 1. The van der Waals surface area contributed by atoms with Crippen LogP contribution in [0.15, 0.2) is 0 Å². The van der Waals surface area contributed by atoms with E-state index in [1.165, 1.54) is 19.3 Å². The van der Waals surface area contributed by atoms with Crippen molar-refractivity contribution in [2.24, 2.45) is 5.41 Å². The summed E-state index contributed by atoms with van der Waals surface area (Å²) in [6, 6.07) is 0.475. The Hall–Kier alpha value is -0.0500. The summed E-state index contributed by atoms with van der Waals surface area (Å²) in [6.07, 6.45) is 5.40. The highest BCUT2D eigenvalue weighted by Crippen LogP contribution is 2.25. The van der Waals surface area contributed by atoms with Crippen LogP contribution in [-0.2, 0) is 4.79 Å². The maximum absolute atomic E-state index is 12.2. The summed E-state index contributed by atoms with van der Waals surface area (Å²) in [5.74, 6) is 0.346. The van der Waals surface area contributed by atoms with Crippen LogP contribution in [0.3, 0.4) is 0 Å². The molecule has 1 rings (SSSR count). The van der Waals surface area contributed by atoms with Crippen molar-refractivity contribution in [2.75, 3.05) is 11.9 Å². The molecule has 1 fully saturated rings. The zero-order chi connectivity index (χ0) is 12.2. The van der Waals surface area contributed by atoms with Crippen LogP contribution in [0, 0.1) is 5.41 Å². The number of hydrogen-bond acceptors (Lipinski definition) is 1. The molecule has 0 aromatic carbocycles. The number of halogens is 1. The van der Waals surface area contributed by atoms with Gasteiger partial charge in [0.2, 0.25) is 5.91 Å². The average Bonchev–Trinajstić information content (AvgIpc) is 2.16. The van der Waals surface area contributed by atoms with Gasteiger partial charge in [-0.2, -0.15) is 0 Å². The molecule has 16 heavy (non-hydrogen) atoms. The Kier molecular flexibility index (Phi) is 5.29. The predicted octanol–water partition coefficient (Wildman–Crippen LogP) is 3.59. The summed E-state index contributed by atoms with van der Waals surface area (Å²) < 4.78 is 0. The summed E-state index contributed by atoms with van der Waals surface area (Å²) in [7, 11) is 0. The normalized spacial score (nSPS) is 22.2. The van der Waals surface area contributed by atoms with Crippen LogP contribution < -0.4 is 0 Å². The minimum atomic E-state index is 0.105. The second-order valence-corrected chi connectivity index (χ2v) is 6.74. The zero-order valence-electron chi connectivity index (χ0n) is 10.8. The molecule has 1 aliphatic rings. The first-order valence-electron chi connectivity index (χ1n) is 6.29. The van der Waals surface area contributed by atoms with E-state index in [0.29, 0.717) is 18.4 Å². The van der Waals surface area contributed by atoms with Crippen molar-refractivity contribution in [3.8, 4) is 0 Å². The van der Waals surface area contributed by atoms with Gasteiger partial charge in [0.05, 0.1) is 0 Å². The van der Waals surface area contributed by atoms with Gasteiger partial charge in [0.25, 0.3) is 0 Å². The molecule has 3 heteroatoms. The van der Waals surface area contributed by atoms with E-state index in [-0.39, 0.29) is 5.41 Å². The lowest BCUT2D eigenvalue weighted by molar-refractivity contribution is -0.136. The van der Waals surface area contributed by atoms with Crippen LogP contribution in [0.25, 0.3) is 0 Å². The first kappa shape index (κ1) is 14.0. The van der Waals surface area contributed by atoms with Crippen molar-refractivity contribution in [3.05, 3.63) is 0 Å². The van der Waals surface area contributed by atoms with Crippen molar-refractivity contribution in [1.29, 1.82) is 0 Å². The highest BCUT2D eigenvalue weighted by molar-refractivity contribution is 9.09. The average molecular weight is 290 g/mol. The largest absolute Gasteiger partial charge is 0.340 e. The molecular formula is C13H24BrNO. The third-order valence-electron chi connectivity index (χ3n) is 3.07. The number of alkyl halides is 1. The molecule has 1 saturated heterocycles. The van der Waals surface area contributed by atoms with Gasteiger partial charge in [-0.1, -0.05) is 36.7 Å². The molecule has 2 nitrogen and oxygen atoms in total. The Balaban J connectivity index is 2.57. The van der Waals surface area contributed by atoms with Gasteiger partial charge in [0.1, 0.15) is 0 Å². The van der Waals surface area contributed by atoms with Crippen LogP contribution in [-0.4, -0.2) is 28.7 Å². The van der Waals surface area contributed by atoms with Crippen LogP contribution in [0.1, 0.15) is 52.9 Å². The lowest BCUT2D eigenvalue weighted by atomic mass is 9.90. The van der Waals surface area contributed by atoms with E-state index in [9.17, 15) is 4.79 Å². The van der Waals surface area contributed by atoms with Crippen molar-refractivity contribution in [2.45, 2.75) is 58.9 Å². The summed E-state index contributed by atoms with van der Waals surface area (Å²) in [5, 5.41) is 0.997. The smallest absolute Gasteiger partial charge is 0.223 e. The Labute approximate surface area is 108 Å². The number of piperidine rings is 1. The minimum absolute atomic E-state index is 0.105. The number of rotatable bonds is 3. The molecule has 0 N–H and O–H groups in total. The fourth-order valence-corrected chi connectivity index (χ4v) is 2.84. The molecule has 1 unspecified atom stereocenters. The van der Waals surface area contributed by atoms with Gasteiger partial charge >= 0.3 is 0 Å². The van der Waals surface area contributed by atoms with Crippen LogP contribution in [0.4, 0.5) is 0 Å². The molecule has 0 radical (unpaired) electrons. The summed E-state index contributed by atoms with van der Waals surface area (Å²) in [6.45, 7) is 7.36. The van der Waals surface area contributed by atoms with Gasteiger partial charge in [-0.25, -0.2) is 0 Å². The Bertz CT molecular complexity index is 233. The number of likely N-dealkylation sites (tertiary alicyclic amines) is 1. The zero-order valence-corrected chi connectivity index (χ0v) is 12.3. The number of carbonyl (C=O) groups is 1. The minimum Gasteiger partial charge on any atom is -0.340 e.